The minimum Gasteiger partial charge on any atom is -0.304 e. The number of halogens is 2. The Morgan fingerprint density at radius 1 is 1.69 bits per heavy atom. The lowest BCUT2D eigenvalue weighted by Crippen LogP contribution is -2.23. The third kappa shape index (κ3) is 2.52. The van der Waals surface area contributed by atoms with Gasteiger partial charge in [0.2, 0.25) is 0 Å². The summed E-state index contributed by atoms with van der Waals surface area (Å²) in [5, 5.41) is 9.73. The van der Waals surface area contributed by atoms with Gasteiger partial charge in [-0.15, -0.1) is 11.6 Å². The molecule has 0 aliphatic heterocycles. The molecule has 0 heterocycles. The van der Waals surface area contributed by atoms with E-state index in [0.29, 0.717) is 12.1 Å². The fourth-order valence-electron chi connectivity index (χ4n) is 1.39. The largest absolute Gasteiger partial charge is 0.304 e. The van der Waals surface area contributed by atoms with E-state index in [-0.39, 0.29) is 11.3 Å². The van der Waals surface area contributed by atoms with Crippen LogP contribution in [0.3, 0.4) is 0 Å². The van der Waals surface area contributed by atoms with Crippen molar-refractivity contribution < 1.29 is 0 Å². The van der Waals surface area contributed by atoms with Gasteiger partial charge in [0.25, 0.3) is 0 Å². The van der Waals surface area contributed by atoms with Gasteiger partial charge in [0, 0.05) is 22.0 Å². The summed E-state index contributed by atoms with van der Waals surface area (Å²) in [5.41, 5.74) is 1.50. The van der Waals surface area contributed by atoms with E-state index in [1.54, 1.807) is 0 Å². The zero-order valence-corrected chi connectivity index (χ0v) is 9.64. The van der Waals surface area contributed by atoms with Crippen LogP contribution in [0.15, 0.2) is 10.6 Å². The normalized spacial score (nSPS) is 28.8. The molecule has 2 atom stereocenters. The molecule has 1 rings (SSSR count). The molecule has 1 N–H and O–H groups in total. The van der Waals surface area contributed by atoms with Crippen LogP contribution >= 0.6 is 35.4 Å². The molecule has 13 heavy (non-hydrogen) atoms. The quantitative estimate of drug-likeness (QED) is 0.442. The van der Waals surface area contributed by atoms with E-state index in [1.807, 2.05) is 6.92 Å². The number of hydrogen-bond donors (Lipinski definition) is 1. The lowest BCUT2D eigenvalue weighted by Gasteiger charge is -2.26. The van der Waals surface area contributed by atoms with E-state index in [1.165, 1.54) is 5.37 Å². The first-order chi connectivity index (χ1) is 6.06. The summed E-state index contributed by atoms with van der Waals surface area (Å²) in [6.45, 7) is 1.94. The second kappa shape index (κ2) is 4.54. The number of rotatable bonds is 2. The van der Waals surface area contributed by atoms with Crippen molar-refractivity contribution in [3.8, 4) is 0 Å². The minimum absolute atomic E-state index is 0.0402. The number of hydrogen-bond acceptors (Lipinski definition) is 2. The van der Waals surface area contributed by atoms with Crippen molar-refractivity contribution in [3.63, 3.8) is 0 Å². The molecular formula is C9H11Cl2NS. The second-order valence-corrected chi connectivity index (χ2v) is 4.48. The lowest BCUT2D eigenvalue weighted by molar-refractivity contribution is 0.599. The fourth-order valence-corrected chi connectivity index (χ4v) is 2.30. The van der Waals surface area contributed by atoms with E-state index in [9.17, 15) is 0 Å². The highest BCUT2D eigenvalue weighted by Crippen LogP contribution is 2.34. The van der Waals surface area contributed by atoms with Gasteiger partial charge in [-0.05, 0) is 25.3 Å². The van der Waals surface area contributed by atoms with E-state index in [4.69, 9.17) is 40.8 Å². The maximum atomic E-state index is 7.58. The van der Waals surface area contributed by atoms with Gasteiger partial charge in [0.1, 0.15) is 0 Å². The molecule has 1 aliphatic carbocycles. The predicted octanol–water partition coefficient (Wildman–Crippen LogP) is 3.54. The number of alkyl halides is 1. The monoisotopic (exact) mass is 235 g/mol. The zero-order valence-electron chi connectivity index (χ0n) is 7.31. The van der Waals surface area contributed by atoms with Crippen LogP contribution in [0.25, 0.3) is 0 Å². The number of allylic oxidation sites excluding steroid dienone is 2. The Bertz CT molecular complexity index is 273. The third-order valence-corrected chi connectivity index (χ3v) is 3.59. The molecule has 1 nitrogen and oxygen atoms in total. The molecule has 0 aromatic heterocycles. The molecular weight excluding hydrogens is 225 g/mol. The summed E-state index contributed by atoms with van der Waals surface area (Å²) in [6.07, 6.45) is 1.48. The van der Waals surface area contributed by atoms with E-state index in [0.717, 1.165) is 17.0 Å². The Balaban J connectivity index is 2.79. The van der Waals surface area contributed by atoms with E-state index < -0.39 is 0 Å². The summed E-state index contributed by atoms with van der Waals surface area (Å²) < 4.78 is 0. The van der Waals surface area contributed by atoms with Crippen LogP contribution in [-0.2, 0) is 0 Å². The molecule has 1 aliphatic rings. The molecule has 0 aromatic rings. The molecule has 72 valence electrons. The van der Waals surface area contributed by atoms with Crippen molar-refractivity contribution in [1.82, 2.24) is 0 Å². The first-order valence-corrected chi connectivity index (χ1v) is 5.37. The average Bonchev–Trinajstić information content (AvgIpc) is 2.12. The van der Waals surface area contributed by atoms with Gasteiger partial charge in [0.15, 0.2) is 0 Å². The molecule has 2 unspecified atom stereocenters. The SMILES string of the molecule is CC1=C(Cl)CC(C(=N)C=S)CC1Cl. The van der Waals surface area contributed by atoms with Crippen LogP contribution in [0.1, 0.15) is 19.8 Å². The minimum atomic E-state index is -0.0402. The molecule has 0 fully saturated rings. The zero-order chi connectivity index (χ0) is 10.0. The smallest absolute Gasteiger partial charge is 0.0563 e. The van der Waals surface area contributed by atoms with E-state index in [2.05, 4.69) is 0 Å². The van der Waals surface area contributed by atoms with Gasteiger partial charge in [-0.3, -0.25) is 0 Å². The second-order valence-electron chi connectivity index (χ2n) is 3.27. The Morgan fingerprint density at radius 3 is 2.77 bits per heavy atom. The van der Waals surface area contributed by atoms with Crippen molar-refractivity contribution in [2.75, 3.05) is 0 Å². The summed E-state index contributed by atoms with van der Waals surface area (Å²) in [7, 11) is 0. The van der Waals surface area contributed by atoms with Gasteiger partial charge in [-0.2, -0.15) is 0 Å². The topological polar surface area (TPSA) is 23.9 Å². The summed E-state index contributed by atoms with van der Waals surface area (Å²) >= 11 is 16.8. The number of thiocarbonyl (C=S) groups is 1. The highest BCUT2D eigenvalue weighted by molar-refractivity contribution is 7.80. The fraction of sp³-hybridized carbons (Fsp3) is 0.556. The molecule has 0 amide bonds. The van der Waals surface area contributed by atoms with Crippen molar-refractivity contribution in [1.29, 1.82) is 5.41 Å². The summed E-state index contributed by atoms with van der Waals surface area (Å²) in [5.74, 6) is 0.108. The van der Waals surface area contributed by atoms with Gasteiger partial charge in [-0.25, -0.2) is 0 Å². The third-order valence-electron chi connectivity index (χ3n) is 2.38. The highest BCUT2D eigenvalue weighted by atomic mass is 35.5. The molecule has 0 saturated carbocycles. The highest BCUT2D eigenvalue weighted by Gasteiger charge is 2.26. The van der Waals surface area contributed by atoms with Gasteiger partial charge in [0.05, 0.1) is 5.38 Å². The van der Waals surface area contributed by atoms with Crippen LogP contribution < -0.4 is 0 Å². The molecule has 0 saturated heterocycles. The molecule has 0 bridgehead atoms. The van der Waals surface area contributed by atoms with Crippen molar-refractivity contribution >= 4 is 46.5 Å². The first-order valence-electron chi connectivity index (χ1n) is 4.09. The van der Waals surface area contributed by atoms with Crippen molar-refractivity contribution in [2.24, 2.45) is 5.92 Å². The number of nitrogens with one attached hydrogen (secondary N) is 1. The van der Waals surface area contributed by atoms with Crippen LogP contribution in [0, 0.1) is 11.3 Å². The van der Waals surface area contributed by atoms with Crippen molar-refractivity contribution in [2.45, 2.75) is 25.1 Å². The molecule has 0 radical (unpaired) electrons. The summed E-state index contributed by atoms with van der Waals surface area (Å²) in [4.78, 5) is 0. The Kier molecular flexibility index (Phi) is 3.89. The lowest BCUT2D eigenvalue weighted by atomic mass is 9.87. The van der Waals surface area contributed by atoms with Gasteiger partial charge >= 0.3 is 0 Å². The standard InChI is InChI=1S/C9H11Cl2NS/c1-5-7(10)2-6(3-8(5)11)9(12)4-13/h4,6-7,12H,2-3H2,1H3. The van der Waals surface area contributed by atoms with Crippen LogP contribution in [0.4, 0.5) is 0 Å². The van der Waals surface area contributed by atoms with Crippen LogP contribution in [0.2, 0.25) is 0 Å². The van der Waals surface area contributed by atoms with Crippen LogP contribution in [-0.4, -0.2) is 16.5 Å². The maximum Gasteiger partial charge on any atom is 0.0563 e. The molecule has 4 heteroatoms. The predicted molar refractivity (Wildman–Crippen MR) is 62.3 cm³/mol. The Hall–Kier alpha value is 0.0800. The Labute approximate surface area is 93.6 Å². The van der Waals surface area contributed by atoms with Gasteiger partial charge < -0.3 is 5.41 Å². The van der Waals surface area contributed by atoms with Crippen molar-refractivity contribution in [3.05, 3.63) is 10.6 Å². The molecule has 0 spiro atoms. The van der Waals surface area contributed by atoms with Crippen LogP contribution in [0.5, 0.6) is 0 Å². The average molecular weight is 236 g/mol. The molecule has 0 aromatic carbocycles. The van der Waals surface area contributed by atoms with Gasteiger partial charge in [-0.1, -0.05) is 23.8 Å². The summed E-state index contributed by atoms with van der Waals surface area (Å²) in [6, 6.07) is 0. The Morgan fingerprint density at radius 2 is 2.31 bits per heavy atom. The maximum absolute atomic E-state index is 7.58. The van der Waals surface area contributed by atoms with E-state index >= 15 is 0 Å². The first kappa shape index (κ1) is 11.2.